The summed E-state index contributed by atoms with van der Waals surface area (Å²) < 4.78 is 22.6. The van der Waals surface area contributed by atoms with Gasteiger partial charge in [-0.1, -0.05) is 56.3 Å². The van der Waals surface area contributed by atoms with Crippen molar-refractivity contribution in [3.63, 3.8) is 0 Å². The van der Waals surface area contributed by atoms with Crippen LogP contribution in [0.15, 0.2) is 70.5 Å². The van der Waals surface area contributed by atoms with E-state index < -0.39 is 29.6 Å². The second kappa shape index (κ2) is 9.86. The lowest BCUT2D eigenvalue weighted by Crippen LogP contribution is -2.42. The maximum absolute atomic E-state index is 13.4. The normalized spacial score (nSPS) is 11.3. The first-order valence-corrected chi connectivity index (χ1v) is 11.0. The fourth-order valence-electron chi connectivity index (χ4n) is 3.78. The summed E-state index contributed by atoms with van der Waals surface area (Å²) in [6.45, 7) is 4.00. The third-order valence-corrected chi connectivity index (χ3v) is 5.31. The Morgan fingerprint density at radius 3 is 2.47 bits per heavy atom. The molecule has 34 heavy (non-hydrogen) atoms. The number of carbonyl (C=O) groups is 1. The molecule has 9 heteroatoms. The van der Waals surface area contributed by atoms with Crippen LogP contribution in [0.5, 0.6) is 0 Å². The Kier molecular flexibility index (Phi) is 6.72. The monoisotopic (exact) mass is 464 g/mol. The summed E-state index contributed by atoms with van der Waals surface area (Å²) in [6, 6.07) is 15.0. The van der Waals surface area contributed by atoms with Crippen LogP contribution in [0.1, 0.15) is 25.0 Å². The number of rotatable bonds is 8. The molecule has 4 aromatic rings. The zero-order chi connectivity index (χ0) is 24.2. The van der Waals surface area contributed by atoms with Gasteiger partial charge in [0.2, 0.25) is 0 Å². The number of carbonyl (C=O) groups excluding carboxylic acids is 1. The van der Waals surface area contributed by atoms with Crippen molar-refractivity contribution in [2.75, 3.05) is 0 Å². The molecule has 0 aliphatic rings. The molecule has 8 nitrogen and oxygen atoms in total. The van der Waals surface area contributed by atoms with Crippen molar-refractivity contribution in [2.24, 2.45) is 5.92 Å². The van der Waals surface area contributed by atoms with E-state index in [2.05, 4.69) is 4.98 Å². The standard InChI is InChI=1S/C25H25FN4O4/c1-17(2)12-28-16-27-23-22(28)24(32)30(25(33)29(23)13-18-7-4-3-5-8-18)14-21(31)34-15-19-9-6-10-20(26)11-19/h3-11,16-17H,12-15H2,1-2H3. The summed E-state index contributed by atoms with van der Waals surface area (Å²) in [5.74, 6) is -0.989. The zero-order valence-electron chi connectivity index (χ0n) is 19.0. The van der Waals surface area contributed by atoms with Crippen LogP contribution in [0.25, 0.3) is 11.2 Å². The maximum atomic E-state index is 13.4. The Hall–Kier alpha value is -4.01. The number of ether oxygens (including phenoxy) is 1. The summed E-state index contributed by atoms with van der Waals surface area (Å²) >= 11 is 0. The van der Waals surface area contributed by atoms with Crippen LogP contribution in [-0.2, 0) is 35.8 Å². The Morgan fingerprint density at radius 2 is 1.76 bits per heavy atom. The van der Waals surface area contributed by atoms with Crippen LogP contribution in [0.4, 0.5) is 4.39 Å². The highest BCUT2D eigenvalue weighted by Gasteiger charge is 2.20. The number of aromatic nitrogens is 4. The van der Waals surface area contributed by atoms with Gasteiger partial charge >= 0.3 is 11.7 Å². The molecular formula is C25H25FN4O4. The van der Waals surface area contributed by atoms with E-state index in [-0.39, 0.29) is 30.2 Å². The summed E-state index contributed by atoms with van der Waals surface area (Å²) in [7, 11) is 0. The predicted molar refractivity (Wildman–Crippen MR) is 125 cm³/mol. The van der Waals surface area contributed by atoms with E-state index in [4.69, 9.17) is 4.74 Å². The Labute approximate surface area is 194 Å². The molecule has 0 radical (unpaired) electrons. The van der Waals surface area contributed by atoms with Crippen molar-refractivity contribution in [3.8, 4) is 0 Å². The second-order valence-corrected chi connectivity index (χ2v) is 8.50. The largest absolute Gasteiger partial charge is 0.459 e. The van der Waals surface area contributed by atoms with Crippen molar-refractivity contribution in [2.45, 2.75) is 40.1 Å². The van der Waals surface area contributed by atoms with Gasteiger partial charge in [0, 0.05) is 6.54 Å². The molecule has 0 saturated carbocycles. The number of fused-ring (bicyclic) bond motifs is 1. The van der Waals surface area contributed by atoms with Gasteiger partial charge in [0.1, 0.15) is 19.0 Å². The first-order chi connectivity index (χ1) is 16.3. The van der Waals surface area contributed by atoms with Crippen molar-refractivity contribution in [1.82, 2.24) is 18.7 Å². The Bertz CT molecular complexity index is 1440. The van der Waals surface area contributed by atoms with Crippen molar-refractivity contribution >= 4 is 17.1 Å². The molecule has 0 N–H and O–H groups in total. The molecule has 0 spiro atoms. The number of nitrogens with zero attached hydrogens (tertiary/aromatic N) is 4. The van der Waals surface area contributed by atoms with Gasteiger partial charge in [0.05, 0.1) is 12.9 Å². The summed E-state index contributed by atoms with van der Waals surface area (Å²) in [4.78, 5) is 43.5. The molecule has 0 unspecified atom stereocenters. The van der Waals surface area contributed by atoms with E-state index in [1.54, 1.807) is 17.0 Å². The number of hydrogen-bond donors (Lipinski definition) is 0. The van der Waals surface area contributed by atoms with Crippen LogP contribution in [0, 0.1) is 11.7 Å². The highest BCUT2D eigenvalue weighted by atomic mass is 19.1. The van der Waals surface area contributed by atoms with Crippen LogP contribution in [0.2, 0.25) is 0 Å². The molecule has 2 aromatic heterocycles. The fourth-order valence-corrected chi connectivity index (χ4v) is 3.78. The minimum Gasteiger partial charge on any atom is -0.459 e. The lowest BCUT2D eigenvalue weighted by molar-refractivity contribution is -0.145. The average Bonchev–Trinajstić information content (AvgIpc) is 3.22. The molecule has 0 amide bonds. The molecule has 176 valence electrons. The third-order valence-electron chi connectivity index (χ3n) is 5.31. The van der Waals surface area contributed by atoms with Crippen molar-refractivity contribution in [1.29, 1.82) is 0 Å². The van der Waals surface area contributed by atoms with Crippen molar-refractivity contribution < 1.29 is 13.9 Å². The van der Waals surface area contributed by atoms with Gasteiger partial charge in [-0.05, 0) is 29.2 Å². The minimum atomic E-state index is -0.774. The average molecular weight is 464 g/mol. The topological polar surface area (TPSA) is 88.1 Å². The minimum absolute atomic E-state index is 0.170. The highest BCUT2D eigenvalue weighted by Crippen LogP contribution is 2.12. The summed E-state index contributed by atoms with van der Waals surface area (Å²) in [5.41, 5.74) is 0.575. The Balaban J connectivity index is 1.72. The zero-order valence-corrected chi connectivity index (χ0v) is 19.0. The van der Waals surface area contributed by atoms with Crippen LogP contribution in [0.3, 0.4) is 0 Å². The van der Waals surface area contributed by atoms with E-state index in [1.807, 2.05) is 44.2 Å². The molecule has 0 aliphatic carbocycles. The van der Waals surface area contributed by atoms with E-state index in [0.29, 0.717) is 12.1 Å². The maximum Gasteiger partial charge on any atom is 0.333 e. The Morgan fingerprint density at radius 1 is 1.03 bits per heavy atom. The van der Waals surface area contributed by atoms with Gasteiger partial charge < -0.3 is 9.30 Å². The van der Waals surface area contributed by atoms with Crippen LogP contribution < -0.4 is 11.2 Å². The smallest absolute Gasteiger partial charge is 0.333 e. The fraction of sp³-hybridized carbons (Fsp3) is 0.280. The molecule has 2 aromatic carbocycles. The van der Waals surface area contributed by atoms with E-state index in [9.17, 15) is 18.8 Å². The molecule has 0 fully saturated rings. The van der Waals surface area contributed by atoms with Gasteiger partial charge in [-0.2, -0.15) is 0 Å². The lowest BCUT2D eigenvalue weighted by atomic mass is 10.2. The van der Waals surface area contributed by atoms with Gasteiger partial charge in [0.25, 0.3) is 5.56 Å². The second-order valence-electron chi connectivity index (χ2n) is 8.50. The molecule has 0 bridgehead atoms. The van der Waals surface area contributed by atoms with Crippen molar-refractivity contribution in [3.05, 3.63) is 98.7 Å². The summed E-state index contributed by atoms with van der Waals surface area (Å²) in [6.07, 6.45) is 1.54. The van der Waals surface area contributed by atoms with E-state index in [0.717, 1.165) is 10.1 Å². The van der Waals surface area contributed by atoms with Crippen LogP contribution in [-0.4, -0.2) is 24.7 Å². The van der Waals surface area contributed by atoms with Gasteiger partial charge in [-0.3, -0.25) is 14.2 Å². The molecule has 0 atom stereocenters. The molecular weight excluding hydrogens is 439 g/mol. The lowest BCUT2D eigenvalue weighted by Gasteiger charge is -2.13. The number of halogens is 1. The molecule has 2 heterocycles. The molecule has 0 aliphatic heterocycles. The number of benzene rings is 2. The first kappa shape index (κ1) is 23.2. The SMILES string of the molecule is CC(C)Cn1cnc2c1c(=O)n(CC(=O)OCc1cccc(F)c1)c(=O)n2Cc1ccccc1. The highest BCUT2D eigenvalue weighted by molar-refractivity contribution is 5.72. The van der Waals surface area contributed by atoms with Gasteiger partial charge in [0.15, 0.2) is 11.2 Å². The quantitative estimate of drug-likeness (QED) is 0.374. The summed E-state index contributed by atoms with van der Waals surface area (Å²) in [5, 5.41) is 0. The first-order valence-electron chi connectivity index (χ1n) is 11.0. The van der Waals surface area contributed by atoms with Gasteiger partial charge in [-0.25, -0.2) is 18.7 Å². The van der Waals surface area contributed by atoms with E-state index in [1.165, 1.54) is 22.8 Å². The molecule has 4 rings (SSSR count). The number of hydrogen-bond acceptors (Lipinski definition) is 5. The molecule has 0 saturated heterocycles. The number of imidazole rings is 1. The van der Waals surface area contributed by atoms with Gasteiger partial charge in [-0.15, -0.1) is 0 Å². The van der Waals surface area contributed by atoms with Crippen LogP contribution >= 0.6 is 0 Å². The number of esters is 1. The predicted octanol–water partition coefficient (Wildman–Crippen LogP) is 2.95. The third kappa shape index (κ3) is 4.98. The van der Waals surface area contributed by atoms with E-state index >= 15 is 0 Å².